The van der Waals surface area contributed by atoms with Crippen LogP contribution < -0.4 is 16.0 Å². The molecule has 0 amide bonds. The van der Waals surface area contributed by atoms with Gasteiger partial charge in [-0.2, -0.15) is 0 Å². The number of aliphatic hydroxyl groups excluding tert-OH is 3. The Balaban J connectivity index is 1.86. The first-order valence-corrected chi connectivity index (χ1v) is 7.66. The number of aliphatic hydroxyl groups is 3. The first-order chi connectivity index (χ1) is 12.0. The Morgan fingerprint density at radius 1 is 1.16 bits per heavy atom. The highest BCUT2D eigenvalue weighted by Crippen LogP contribution is 2.28. The van der Waals surface area contributed by atoms with Crippen molar-refractivity contribution in [1.29, 1.82) is 0 Å². The molecule has 134 valence electrons. The van der Waals surface area contributed by atoms with Gasteiger partial charge < -0.3 is 24.8 Å². The van der Waals surface area contributed by atoms with Crippen molar-refractivity contribution in [3.63, 3.8) is 0 Å². The molecule has 1 aromatic carbocycles. The molecule has 0 bridgehead atoms. The van der Waals surface area contributed by atoms with E-state index in [0.29, 0.717) is 0 Å². The molecular formula is C16H18N2O7. The summed E-state index contributed by atoms with van der Waals surface area (Å²) in [6.45, 7) is -0.414. The molecule has 0 aliphatic carbocycles. The molecule has 2 aromatic rings. The second kappa shape index (κ2) is 7.19. The van der Waals surface area contributed by atoms with Gasteiger partial charge in [-0.05, 0) is 5.56 Å². The Morgan fingerprint density at radius 3 is 2.52 bits per heavy atom. The van der Waals surface area contributed by atoms with E-state index in [1.165, 1.54) is 0 Å². The minimum absolute atomic E-state index is 0.109. The molecule has 4 N–H and O–H groups in total. The maximum Gasteiger partial charge on any atom is 0.330 e. The maximum absolute atomic E-state index is 12.0. The van der Waals surface area contributed by atoms with Crippen LogP contribution in [0, 0.1) is 0 Å². The van der Waals surface area contributed by atoms with Crippen LogP contribution in [0.5, 0.6) is 5.75 Å². The van der Waals surface area contributed by atoms with Gasteiger partial charge in [-0.15, -0.1) is 0 Å². The maximum atomic E-state index is 12.0. The lowest BCUT2D eigenvalue weighted by Gasteiger charge is -2.18. The summed E-state index contributed by atoms with van der Waals surface area (Å²) >= 11 is 0. The second-order valence-corrected chi connectivity index (χ2v) is 5.66. The Labute approximate surface area is 141 Å². The van der Waals surface area contributed by atoms with Crippen molar-refractivity contribution in [3.8, 4) is 5.75 Å². The summed E-state index contributed by atoms with van der Waals surface area (Å²) in [7, 11) is 0. The number of aromatic amines is 1. The van der Waals surface area contributed by atoms with Crippen molar-refractivity contribution in [2.45, 2.75) is 31.1 Å². The SMILES string of the molecule is O=c1[nH]c(=O)n([C@H]2O[C@@H](CO)[C@@H](O)[C@H]2O)cc1OCc1ccccc1. The van der Waals surface area contributed by atoms with Crippen LogP contribution in [0.25, 0.3) is 0 Å². The van der Waals surface area contributed by atoms with E-state index in [-0.39, 0.29) is 12.4 Å². The molecule has 9 nitrogen and oxygen atoms in total. The lowest BCUT2D eigenvalue weighted by molar-refractivity contribution is -0.0553. The van der Waals surface area contributed by atoms with Crippen molar-refractivity contribution in [3.05, 3.63) is 62.9 Å². The zero-order valence-electron chi connectivity index (χ0n) is 13.1. The number of benzene rings is 1. The zero-order valence-corrected chi connectivity index (χ0v) is 13.1. The number of nitrogens with zero attached hydrogens (tertiary/aromatic N) is 1. The fraction of sp³-hybridized carbons (Fsp3) is 0.375. The third kappa shape index (κ3) is 3.49. The van der Waals surface area contributed by atoms with E-state index in [0.717, 1.165) is 16.3 Å². The minimum Gasteiger partial charge on any atom is -0.482 e. The van der Waals surface area contributed by atoms with Crippen LogP contribution in [0.15, 0.2) is 46.1 Å². The molecule has 0 saturated carbocycles. The lowest BCUT2D eigenvalue weighted by Crippen LogP contribution is -2.38. The van der Waals surface area contributed by atoms with Crippen LogP contribution in [0.3, 0.4) is 0 Å². The predicted molar refractivity (Wildman–Crippen MR) is 85.1 cm³/mol. The number of ether oxygens (including phenoxy) is 2. The van der Waals surface area contributed by atoms with E-state index in [2.05, 4.69) is 4.98 Å². The monoisotopic (exact) mass is 350 g/mol. The normalized spacial score (nSPS) is 25.9. The average molecular weight is 350 g/mol. The molecular weight excluding hydrogens is 332 g/mol. The molecule has 0 radical (unpaired) electrons. The first-order valence-electron chi connectivity index (χ1n) is 7.66. The van der Waals surface area contributed by atoms with Crippen molar-refractivity contribution in [1.82, 2.24) is 9.55 Å². The van der Waals surface area contributed by atoms with E-state index < -0.39 is 42.4 Å². The van der Waals surface area contributed by atoms with Crippen LogP contribution in [0.2, 0.25) is 0 Å². The Kier molecular flexibility index (Phi) is 5.00. The molecule has 3 rings (SSSR count). The third-order valence-electron chi connectivity index (χ3n) is 3.96. The van der Waals surface area contributed by atoms with Crippen LogP contribution in [-0.2, 0) is 11.3 Å². The van der Waals surface area contributed by atoms with Crippen LogP contribution in [-0.4, -0.2) is 49.8 Å². The van der Waals surface area contributed by atoms with Gasteiger partial charge in [0.1, 0.15) is 24.9 Å². The predicted octanol–water partition coefficient (Wildman–Crippen LogP) is -1.27. The standard InChI is InChI=1S/C16H18N2O7/c19-7-11-12(20)13(21)15(25-11)18-6-10(14(22)17-16(18)23)24-8-9-4-2-1-3-5-9/h1-6,11-13,15,19-21H,7-8H2,(H,17,22,23)/t11-,12+,13+,15-/m0/s1. The fourth-order valence-electron chi connectivity index (χ4n) is 2.60. The summed E-state index contributed by atoms with van der Waals surface area (Å²) < 4.78 is 11.7. The van der Waals surface area contributed by atoms with E-state index in [4.69, 9.17) is 14.6 Å². The summed E-state index contributed by atoms with van der Waals surface area (Å²) in [5.41, 5.74) is -0.719. The third-order valence-corrected chi connectivity index (χ3v) is 3.96. The van der Waals surface area contributed by atoms with Gasteiger partial charge in [0, 0.05) is 0 Å². The van der Waals surface area contributed by atoms with Gasteiger partial charge in [0.05, 0.1) is 12.8 Å². The van der Waals surface area contributed by atoms with Crippen molar-refractivity contribution in [2.24, 2.45) is 0 Å². The molecule has 1 saturated heterocycles. The highest BCUT2D eigenvalue weighted by Gasteiger charge is 2.43. The summed E-state index contributed by atoms with van der Waals surface area (Å²) in [6, 6.07) is 9.12. The second-order valence-electron chi connectivity index (χ2n) is 5.66. The van der Waals surface area contributed by atoms with Gasteiger partial charge in [0.25, 0.3) is 5.56 Å². The number of rotatable bonds is 5. The molecule has 9 heteroatoms. The number of H-pyrrole nitrogens is 1. The minimum atomic E-state index is -1.44. The number of hydrogen-bond acceptors (Lipinski definition) is 7. The molecule has 1 fully saturated rings. The average Bonchev–Trinajstić information content (AvgIpc) is 2.90. The number of nitrogens with one attached hydrogen (secondary N) is 1. The van der Waals surface area contributed by atoms with E-state index >= 15 is 0 Å². The highest BCUT2D eigenvalue weighted by molar-refractivity contribution is 5.17. The van der Waals surface area contributed by atoms with Gasteiger partial charge >= 0.3 is 5.69 Å². The molecule has 0 spiro atoms. The molecule has 1 aliphatic heterocycles. The Hall–Kier alpha value is -2.46. The quantitative estimate of drug-likeness (QED) is 0.528. The summed E-state index contributed by atoms with van der Waals surface area (Å²) in [5, 5.41) is 29.0. The smallest absolute Gasteiger partial charge is 0.330 e. The van der Waals surface area contributed by atoms with Crippen molar-refractivity contribution < 1.29 is 24.8 Å². The van der Waals surface area contributed by atoms with Crippen molar-refractivity contribution in [2.75, 3.05) is 6.61 Å². The zero-order chi connectivity index (χ0) is 18.0. The summed E-state index contributed by atoms with van der Waals surface area (Å²) in [4.78, 5) is 26.0. The summed E-state index contributed by atoms with van der Waals surface area (Å²) in [5.74, 6) is -0.138. The molecule has 0 unspecified atom stereocenters. The largest absolute Gasteiger partial charge is 0.482 e. The Bertz CT molecular complexity index is 832. The lowest BCUT2D eigenvalue weighted by atomic mass is 10.1. The molecule has 2 heterocycles. The van der Waals surface area contributed by atoms with Crippen LogP contribution >= 0.6 is 0 Å². The molecule has 4 atom stereocenters. The number of hydrogen-bond donors (Lipinski definition) is 4. The van der Waals surface area contributed by atoms with Crippen LogP contribution in [0.4, 0.5) is 0 Å². The van der Waals surface area contributed by atoms with Gasteiger partial charge in [-0.25, -0.2) is 4.79 Å². The van der Waals surface area contributed by atoms with Gasteiger partial charge in [0.15, 0.2) is 6.23 Å². The fourth-order valence-corrected chi connectivity index (χ4v) is 2.60. The van der Waals surface area contributed by atoms with Crippen molar-refractivity contribution >= 4 is 0 Å². The molecule has 1 aliphatic rings. The van der Waals surface area contributed by atoms with E-state index in [9.17, 15) is 19.8 Å². The molecule has 25 heavy (non-hydrogen) atoms. The van der Waals surface area contributed by atoms with Gasteiger partial charge in [-0.3, -0.25) is 14.3 Å². The number of aromatic nitrogens is 2. The highest BCUT2D eigenvalue weighted by atomic mass is 16.6. The molecule has 1 aromatic heterocycles. The van der Waals surface area contributed by atoms with Gasteiger partial charge in [0.2, 0.25) is 5.75 Å². The van der Waals surface area contributed by atoms with Crippen LogP contribution in [0.1, 0.15) is 11.8 Å². The summed E-state index contributed by atoms with van der Waals surface area (Å²) in [6.07, 6.45) is -3.97. The topological polar surface area (TPSA) is 134 Å². The van der Waals surface area contributed by atoms with E-state index in [1.807, 2.05) is 30.3 Å². The van der Waals surface area contributed by atoms with E-state index in [1.54, 1.807) is 0 Å². The van der Waals surface area contributed by atoms with Gasteiger partial charge in [-0.1, -0.05) is 30.3 Å². The first kappa shape index (κ1) is 17.4. The Morgan fingerprint density at radius 2 is 1.88 bits per heavy atom.